The van der Waals surface area contributed by atoms with Gasteiger partial charge in [0.2, 0.25) is 11.8 Å². The van der Waals surface area contributed by atoms with E-state index in [1.807, 2.05) is 52.0 Å². The topological polar surface area (TPSA) is 49.4 Å². The molecule has 0 saturated carbocycles. The molecule has 0 unspecified atom stereocenters. The number of thioether (sulfide) groups is 1. The fourth-order valence-corrected chi connectivity index (χ4v) is 4.06. The van der Waals surface area contributed by atoms with Gasteiger partial charge >= 0.3 is 0 Å². The first kappa shape index (κ1) is 23.9. The van der Waals surface area contributed by atoms with Crippen molar-refractivity contribution >= 4 is 23.6 Å². The zero-order chi connectivity index (χ0) is 22.1. The Morgan fingerprint density at radius 3 is 2.37 bits per heavy atom. The largest absolute Gasteiger partial charge is 0.352 e. The molecule has 6 heteroatoms. The first-order chi connectivity index (χ1) is 14.3. The first-order valence-corrected chi connectivity index (χ1v) is 11.4. The summed E-state index contributed by atoms with van der Waals surface area (Å²) in [5, 5.41) is 2.94. The number of carbonyl (C=O) groups excluding carboxylic acids is 2. The van der Waals surface area contributed by atoms with Crippen molar-refractivity contribution in [3.63, 3.8) is 0 Å². The van der Waals surface area contributed by atoms with Crippen LogP contribution in [0, 0.1) is 12.7 Å². The molecule has 162 valence electrons. The quantitative estimate of drug-likeness (QED) is 0.594. The fourth-order valence-electron chi connectivity index (χ4n) is 3.19. The molecule has 0 bridgehead atoms. The van der Waals surface area contributed by atoms with Crippen LogP contribution >= 0.6 is 11.8 Å². The predicted octanol–water partition coefficient (Wildman–Crippen LogP) is 4.70. The molecule has 1 atom stereocenters. The molecule has 2 aromatic rings. The highest BCUT2D eigenvalue weighted by molar-refractivity contribution is 7.99. The van der Waals surface area contributed by atoms with Crippen molar-refractivity contribution in [3.8, 4) is 0 Å². The smallest absolute Gasteiger partial charge is 0.243 e. The number of hydrogen-bond donors (Lipinski definition) is 1. The molecule has 4 nitrogen and oxygen atoms in total. The van der Waals surface area contributed by atoms with Crippen molar-refractivity contribution in [2.75, 3.05) is 5.75 Å². The van der Waals surface area contributed by atoms with Crippen LogP contribution in [0.2, 0.25) is 0 Å². The highest BCUT2D eigenvalue weighted by Gasteiger charge is 2.29. The van der Waals surface area contributed by atoms with E-state index in [2.05, 4.69) is 5.32 Å². The maximum absolute atomic E-state index is 13.2. The molecular formula is C24H31FN2O2S. The monoisotopic (exact) mass is 430 g/mol. The molecule has 1 N–H and O–H groups in total. The van der Waals surface area contributed by atoms with Crippen LogP contribution in [0.5, 0.6) is 0 Å². The second-order valence-electron chi connectivity index (χ2n) is 7.65. The van der Waals surface area contributed by atoms with Gasteiger partial charge in [0, 0.05) is 18.3 Å². The number of benzene rings is 2. The maximum atomic E-state index is 13.2. The lowest BCUT2D eigenvalue weighted by Gasteiger charge is -2.31. The molecule has 0 spiro atoms. The first-order valence-electron chi connectivity index (χ1n) is 10.3. The van der Waals surface area contributed by atoms with E-state index in [0.29, 0.717) is 18.7 Å². The normalized spacial score (nSPS) is 11.9. The minimum absolute atomic E-state index is 0.00909. The Kier molecular flexibility index (Phi) is 9.37. The third-order valence-corrected chi connectivity index (χ3v) is 5.81. The summed E-state index contributed by atoms with van der Waals surface area (Å²) >= 11 is 1.47. The summed E-state index contributed by atoms with van der Waals surface area (Å²) in [6.07, 6.45) is 0.540. The van der Waals surface area contributed by atoms with Gasteiger partial charge < -0.3 is 10.2 Å². The highest BCUT2D eigenvalue weighted by atomic mass is 32.2. The summed E-state index contributed by atoms with van der Waals surface area (Å²) in [6.45, 7) is 8.16. The van der Waals surface area contributed by atoms with Crippen LogP contribution in [0.3, 0.4) is 0 Å². The molecule has 0 fully saturated rings. The van der Waals surface area contributed by atoms with Crippen LogP contribution in [0.15, 0.2) is 48.5 Å². The van der Waals surface area contributed by atoms with E-state index in [1.54, 1.807) is 17.0 Å². The third-order valence-electron chi connectivity index (χ3n) is 4.83. The molecule has 0 radical (unpaired) electrons. The van der Waals surface area contributed by atoms with Gasteiger partial charge in [0.1, 0.15) is 11.9 Å². The number of aryl methyl sites for hydroxylation is 1. The Balaban J connectivity index is 2.13. The maximum Gasteiger partial charge on any atom is 0.243 e. The third kappa shape index (κ3) is 7.17. The van der Waals surface area contributed by atoms with E-state index in [9.17, 15) is 14.0 Å². The average molecular weight is 431 g/mol. The SMILES string of the molecule is CC[C@H](C(=O)NC(C)C)N(Cc1ccccc1C)C(=O)CSCc1ccc(F)cc1. The number of hydrogen-bond acceptors (Lipinski definition) is 3. The Labute approximate surface area is 183 Å². The lowest BCUT2D eigenvalue weighted by atomic mass is 10.1. The molecule has 0 aliphatic carbocycles. The van der Waals surface area contributed by atoms with Gasteiger partial charge in [-0.15, -0.1) is 11.8 Å². The molecule has 0 aliphatic rings. The fraction of sp³-hybridized carbons (Fsp3) is 0.417. The van der Waals surface area contributed by atoms with Gasteiger partial charge in [0.15, 0.2) is 0 Å². The van der Waals surface area contributed by atoms with E-state index in [-0.39, 0.29) is 29.4 Å². The van der Waals surface area contributed by atoms with Gasteiger partial charge in [-0.05, 0) is 56.0 Å². The van der Waals surface area contributed by atoms with Crippen LogP contribution in [-0.2, 0) is 21.9 Å². The number of rotatable bonds is 10. The van der Waals surface area contributed by atoms with Gasteiger partial charge in [-0.1, -0.05) is 43.3 Å². The number of amides is 2. The van der Waals surface area contributed by atoms with E-state index in [0.717, 1.165) is 16.7 Å². The van der Waals surface area contributed by atoms with E-state index < -0.39 is 6.04 Å². The molecule has 30 heavy (non-hydrogen) atoms. The second kappa shape index (κ2) is 11.7. The molecule has 2 aromatic carbocycles. The molecule has 0 aliphatic heterocycles. The van der Waals surface area contributed by atoms with Gasteiger partial charge in [-0.3, -0.25) is 9.59 Å². The minimum atomic E-state index is -0.522. The Bertz CT molecular complexity index is 839. The Morgan fingerprint density at radius 2 is 1.77 bits per heavy atom. The summed E-state index contributed by atoms with van der Waals surface area (Å²) in [5.41, 5.74) is 3.09. The van der Waals surface area contributed by atoms with Crippen LogP contribution in [0.25, 0.3) is 0 Å². The van der Waals surface area contributed by atoms with Crippen molar-refractivity contribution < 1.29 is 14.0 Å². The zero-order valence-electron chi connectivity index (χ0n) is 18.2. The summed E-state index contributed by atoms with van der Waals surface area (Å²) in [6, 6.07) is 13.7. The summed E-state index contributed by atoms with van der Waals surface area (Å²) in [4.78, 5) is 27.6. The molecule has 2 rings (SSSR count). The van der Waals surface area contributed by atoms with Gasteiger partial charge in [0.25, 0.3) is 0 Å². The number of nitrogens with one attached hydrogen (secondary N) is 1. The van der Waals surface area contributed by atoms with Crippen molar-refractivity contribution in [1.29, 1.82) is 0 Å². The molecule has 0 saturated heterocycles. The lowest BCUT2D eigenvalue weighted by Crippen LogP contribution is -2.51. The second-order valence-corrected chi connectivity index (χ2v) is 8.64. The van der Waals surface area contributed by atoms with Gasteiger partial charge in [-0.25, -0.2) is 4.39 Å². The van der Waals surface area contributed by atoms with Crippen molar-refractivity contribution in [1.82, 2.24) is 10.2 Å². The van der Waals surface area contributed by atoms with Crippen LogP contribution in [-0.4, -0.2) is 34.6 Å². The van der Waals surface area contributed by atoms with Crippen molar-refractivity contribution in [2.24, 2.45) is 0 Å². The van der Waals surface area contributed by atoms with Crippen molar-refractivity contribution in [3.05, 3.63) is 71.0 Å². The van der Waals surface area contributed by atoms with Gasteiger partial charge in [-0.2, -0.15) is 0 Å². The molecular weight excluding hydrogens is 399 g/mol. The summed E-state index contributed by atoms with van der Waals surface area (Å²) < 4.78 is 13.1. The number of halogens is 1. The van der Waals surface area contributed by atoms with Crippen LogP contribution in [0.1, 0.15) is 43.9 Å². The standard InChI is InChI=1S/C24H31FN2O2S/c1-5-22(24(29)26-17(2)3)27(14-20-9-7-6-8-18(20)4)23(28)16-30-15-19-10-12-21(25)13-11-19/h6-13,17,22H,5,14-16H2,1-4H3,(H,26,29)/t22-/m1/s1. The van der Waals surface area contributed by atoms with Crippen LogP contribution < -0.4 is 5.32 Å². The highest BCUT2D eigenvalue weighted by Crippen LogP contribution is 2.19. The molecule has 0 aromatic heterocycles. The van der Waals surface area contributed by atoms with E-state index >= 15 is 0 Å². The lowest BCUT2D eigenvalue weighted by molar-refractivity contribution is -0.139. The molecule has 0 heterocycles. The zero-order valence-corrected chi connectivity index (χ0v) is 19.0. The van der Waals surface area contributed by atoms with E-state index in [4.69, 9.17) is 0 Å². The number of carbonyl (C=O) groups is 2. The van der Waals surface area contributed by atoms with Crippen molar-refractivity contribution in [2.45, 2.75) is 58.5 Å². The Hall–Kier alpha value is -2.34. The Morgan fingerprint density at radius 1 is 1.10 bits per heavy atom. The average Bonchev–Trinajstić information content (AvgIpc) is 2.70. The predicted molar refractivity (Wildman–Crippen MR) is 122 cm³/mol. The molecule has 2 amide bonds. The number of nitrogens with zero attached hydrogens (tertiary/aromatic N) is 1. The minimum Gasteiger partial charge on any atom is -0.352 e. The van der Waals surface area contributed by atoms with Crippen LogP contribution in [0.4, 0.5) is 4.39 Å². The summed E-state index contributed by atoms with van der Waals surface area (Å²) in [5.74, 6) is 0.397. The van der Waals surface area contributed by atoms with Gasteiger partial charge in [0.05, 0.1) is 5.75 Å². The summed E-state index contributed by atoms with van der Waals surface area (Å²) in [7, 11) is 0. The van der Waals surface area contributed by atoms with E-state index in [1.165, 1.54) is 23.9 Å².